The van der Waals surface area contributed by atoms with E-state index in [1.807, 2.05) is 6.07 Å². The Bertz CT molecular complexity index is 5450. The summed E-state index contributed by atoms with van der Waals surface area (Å²) < 4.78 is 9.58. The Labute approximate surface area is 477 Å². The predicted molar refractivity (Wildman–Crippen MR) is 348 cm³/mol. The van der Waals surface area contributed by atoms with Crippen molar-refractivity contribution < 1.29 is 4.42 Å². The van der Waals surface area contributed by atoms with Crippen LogP contribution in [0.4, 0.5) is 17.1 Å². The van der Waals surface area contributed by atoms with Crippen LogP contribution in [0.3, 0.4) is 0 Å². The van der Waals surface area contributed by atoms with Crippen molar-refractivity contribution in [2.45, 2.75) is 0 Å². The first-order valence-corrected chi connectivity index (χ1v) is 28.3. The van der Waals surface area contributed by atoms with E-state index in [9.17, 15) is 0 Å². The molecule has 0 saturated carbocycles. The largest absolute Gasteiger partial charge is 0.455 e. The number of benzene rings is 14. The summed E-state index contributed by atoms with van der Waals surface area (Å²) in [6.45, 7) is 0. The molecule has 3 aromatic heterocycles. The lowest BCUT2D eigenvalue weighted by Gasteiger charge is -2.26. The Kier molecular flexibility index (Phi) is 10.6. The third-order valence-electron chi connectivity index (χ3n) is 16.9. The molecule has 0 fully saturated rings. The molecule has 83 heavy (non-hydrogen) atoms. The van der Waals surface area contributed by atoms with Gasteiger partial charge in [0, 0.05) is 44.3 Å². The maximum atomic E-state index is 7.33. The number of aromatic nitrogens is 3. The monoisotopic (exact) mass is 1060 g/mol. The van der Waals surface area contributed by atoms with Crippen molar-refractivity contribution in [3.8, 4) is 50.7 Å². The topological polar surface area (TPSA) is 47.1 Å². The van der Waals surface area contributed by atoms with Crippen LogP contribution in [0, 0.1) is 0 Å². The van der Waals surface area contributed by atoms with Crippen molar-refractivity contribution in [2.75, 3.05) is 4.90 Å². The van der Waals surface area contributed by atoms with Gasteiger partial charge in [0.15, 0.2) is 0 Å². The molecule has 0 radical (unpaired) electrons. The zero-order valence-electron chi connectivity index (χ0n) is 44.9. The molecule has 0 aliphatic carbocycles. The molecule has 0 N–H and O–H groups in total. The lowest BCUT2D eigenvalue weighted by molar-refractivity contribution is 0.673. The minimum Gasteiger partial charge on any atom is -0.455 e. The van der Waals surface area contributed by atoms with Crippen LogP contribution >= 0.6 is 0 Å². The number of hydrogen-bond donors (Lipinski definition) is 0. The molecule has 0 spiro atoms. The van der Waals surface area contributed by atoms with E-state index in [4.69, 9.17) is 14.4 Å². The Morgan fingerprint density at radius 2 is 0.843 bits per heavy atom. The average Bonchev–Trinajstić information content (AvgIpc) is 3.38. The van der Waals surface area contributed by atoms with E-state index in [0.717, 1.165) is 106 Å². The van der Waals surface area contributed by atoms with Crippen LogP contribution in [0.5, 0.6) is 0 Å². The second kappa shape index (κ2) is 18.7. The maximum absolute atomic E-state index is 7.33. The standard InChI is InChI=1S/C78H48N4O/c1-4-19-49(20-5-1)59-29-12-17-34-65(59)72-48-71(51-22-6-2-7-23-51)79-78(80-72)82-73-41-37-53(52-24-18-27-56(43-52)81(55-25-8-3-9-26-55)57-38-39-60-54(44-57)36-35-50-21-10-11-28-58(50)60)45-70(73)76-74(82)42-40-66-69-46-67-63-32-15-13-30-61(63)62-31-14-16-33-64(62)68(67)47-75(69)83-77(66)76/h1-48H. The number of fused-ring (bicyclic) bond motifs is 16. The fraction of sp³-hybridized carbons (Fsp3) is 0. The number of para-hydroxylation sites is 1. The molecular formula is C78H48N4O. The maximum Gasteiger partial charge on any atom is 0.235 e. The van der Waals surface area contributed by atoms with Crippen LogP contribution in [0.2, 0.25) is 0 Å². The fourth-order valence-corrected chi connectivity index (χ4v) is 13.1. The molecule has 3 heterocycles. The predicted octanol–water partition coefficient (Wildman–Crippen LogP) is 21.4. The highest BCUT2D eigenvalue weighted by Gasteiger charge is 2.24. The van der Waals surface area contributed by atoms with Gasteiger partial charge in [-0.3, -0.25) is 4.57 Å². The molecule has 0 aliphatic heterocycles. The fourth-order valence-electron chi connectivity index (χ4n) is 13.1. The third kappa shape index (κ3) is 7.56. The summed E-state index contributed by atoms with van der Waals surface area (Å²) >= 11 is 0. The molecule has 386 valence electrons. The highest BCUT2D eigenvalue weighted by Crippen LogP contribution is 2.46. The minimum absolute atomic E-state index is 0.569. The number of rotatable bonds is 8. The minimum atomic E-state index is 0.569. The zero-order chi connectivity index (χ0) is 54.5. The van der Waals surface area contributed by atoms with Gasteiger partial charge in [-0.2, -0.15) is 0 Å². The van der Waals surface area contributed by atoms with Crippen LogP contribution in [0.1, 0.15) is 0 Å². The normalized spacial score (nSPS) is 11.9. The number of hydrogen-bond acceptors (Lipinski definition) is 4. The van der Waals surface area contributed by atoms with E-state index in [1.165, 1.54) is 53.9 Å². The first-order chi connectivity index (χ1) is 41.1. The Hall–Kier alpha value is -11.1. The molecule has 0 amide bonds. The summed E-state index contributed by atoms with van der Waals surface area (Å²) in [5.74, 6) is 0.569. The lowest BCUT2D eigenvalue weighted by atomic mass is 9.93. The van der Waals surface area contributed by atoms with Crippen LogP contribution in [-0.4, -0.2) is 14.5 Å². The molecule has 0 unspecified atom stereocenters. The van der Waals surface area contributed by atoms with Gasteiger partial charge in [-0.1, -0.05) is 212 Å². The molecule has 17 aromatic rings. The molecule has 0 bridgehead atoms. The smallest absolute Gasteiger partial charge is 0.235 e. The molecule has 5 heteroatoms. The first-order valence-electron chi connectivity index (χ1n) is 28.3. The highest BCUT2D eigenvalue weighted by molar-refractivity contribution is 6.30. The molecule has 0 aliphatic rings. The molecule has 5 nitrogen and oxygen atoms in total. The first kappa shape index (κ1) is 46.7. The van der Waals surface area contributed by atoms with E-state index < -0.39 is 0 Å². The van der Waals surface area contributed by atoms with Gasteiger partial charge >= 0.3 is 0 Å². The summed E-state index contributed by atoms with van der Waals surface area (Å²) in [5.41, 5.74) is 14.9. The van der Waals surface area contributed by atoms with Crippen molar-refractivity contribution in [3.63, 3.8) is 0 Å². The van der Waals surface area contributed by atoms with Gasteiger partial charge in [0.2, 0.25) is 5.95 Å². The van der Waals surface area contributed by atoms with Crippen LogP contribution in [-0.2, 0) is 0 Å². The van der Waals surface area contributed by atoms with Gasteiger partial charge in [-0.05, 0) is 155 Å². The van der Waals surface area contributed by atoms with Crippen molar-refractivity contribution in [3.05, 3.63) is 291 Å². The SMILES string of the molecule is c1ccc(-c2cc(-c3ccccc3-c3ccccc3)nc(-n3c4ccc(-c5cccc(N(c6ccccc6)c6ccc7c(ccc8ccccc87)c6)c5)cc4c4c5oc6cc7c8ccccc8c8ccccc8c7cc6c5ccc43)n2)cc1. The van der Waals surface area contributed by atoms with Gasteiger partial charge in [-0.15, -0.1) is 0 Å². The van der Waals surface area contributed by atoms with Crippen molar-refractivity contribution in [1.82, 2.24) is 14.5 Å². The van der Waals surface area contributed by atoms with Crippen molar-refractivity contribution in [2.24, 2.45) is 0 Å². The van der Waals surface area contributed by atoms with Gasteiger partial charge in [0.05, 0.1) is 27.8 Å². The van der Waals surface area contributed by atoms with E-state index in [0.29, 0.717) is 5.95 Å². The summed E-state index contributed by atoms with van der Waals surface area (Å²) in [6.07, 6.45) is 0. The van der Waals surface area contributed by atoms with Gasteiger partial charge in [0.25, 0.3) is 0 Å². The van der Waals surface area contributed by atoms with E-state index >= 15 is 0 Å². The Morgan fingerprint density at radius 3 is 1.61 bits per heavy atom. The van der Waals surface area contributed by atoms with Crippen LogP contribution in [0.15, 0.2) is 296 Å². The van der Waals surface area contributed by atoms with Crippen molar-refractivity contribution >= 4 is 115 Å². The van der Waals surface area contributed by atoms with Crippen LogP contribution < -0.4 is 4.90 Å². The number of furan rings is 1. The molecule has 17 rings (SSSR count). The van der Waals surface area contributed by atoms with Crippen LogP contribution in [0.25, 0.3) is 148 Å². The molecule has 14 aromatic carbocycles. The van der Waals surface area contributed by atoms with E-state index in [1.54, 1.807) is 0 Å². The highest BCUT2D eigenvalue weighted by atomic mass is 16.3. The average molecular weight is 1060 g/mol. The number of anilines is 3. The van der Waals surface area contributed by atoms with E-state index in [2.05, 4.69) is 295 Å². The summed E-state index contributed by atoms with van der Waals surface area (Å²) in [6, 6.07) is 105. The Balaban J connectivity index is 0.910. The third-order valence-corrected chi connectivity index (χ3v) is 16.9. The van der Waals surface area contributed by atoms with Gasteiger partial charge in [-0.25, -0.2) is 9.97 Å². The van der Waals surface area contributed by atoms with Crippen molar-refractivity contribution in [1.29, 1.82) is 0 Å². The van der Waals surface area contributed by atoms with E-state index in [-0.39, 0.29) is 0 Å². The molecular weight excluding hydrogens is 1010 g/mol. The second-order valence-corrected chi connectivity index (χ2v) is 21.6. The molecule has 0 atom stereocenters. The number of nitrogens with zero attached hydrogens (tertiary/aromatic N) is 4. The van der Waals surface area contributed by atoms with Gasteiger partial charge in [0.1, 0.15) is 11.2 Å². The lowest BCUT2D eigenvalue weighted by Crippen LogP contribution is -2.09. The second-order valence-electron chi connectivity index (χ2n) is 21.6. The summed E-state index contributed by atoms with van der Waals surface area (Å²) in [5, 5.41) is 16.4. The summed E-state index contributed by atoms with van der Waals surface area (Å²) in [7, 11) is 0. The van der Waals surface area contributed by atoms with Gasteiger partial charge < -0.3 is 9.32 Å². The Morgan fingerprint density at radius 1 is 0.289 bits per heavy atom. The summed E-state index contributed by atoms with van der Waals surface area (Å²) in [4.78, 5) is 13.5. The molecule has 0 saturated heterocycles. The quantitative estimate of drug-likeness (QED) is 0.142. The zero-order valence-corrected chi connectivity index (χ0v) is 44.9.